The van der Waals surface area contributed by atoms with Crippen molar-refractivity contribution in [1.82, 2.24) is 9.88 Å². The van der Waals surface area contributed by atoms with Gasteiger partial charge in [-0.05, 0) is 24.3 Å². The lowest BCUT2D eigenvalue weighted by molar-refractivity contribution is 0.0772. The van der Waals surface area contributed by atoms with Crippen molar-refractivity contribution in [3.63, 3.8) is 0 Å². The van der Waals surface area contributed by atoms with Crippen molar-refractivity contribution in [2.45, 2.75) is 0 Å². The largest absolute Gasteiger partial charge is 0.492 e. The average molecular weight is 340 g/mol. The summed E-state index contributed by atoms with van der Waals surface area (Å²) in [6, 6.07) is 13.4. The Morgan fingerprint density at radius 2 is 1.92 bits per heavy atom. The van der Waals surface area contributed by atoms with E-state index in [0.29, 0.717) is 18.9 Å². The molecule has 2 aromatic carbocycles. The zero-order chi connectivity index (χ0) is 17.8. The smallest absolute Gasteiger partial charge is 0.259 e. The van der Waals surface area contributed by atoms with Crippen LogP contribution >= 0.6 is 0 Å². The lowest BCUT2D eigenvalue weighted by Gasteiger charge is -2.17. The van der Waals surface area contributed by atoms with Gasteiger partial charge >= 0.3 is 0 Å². The first kappa shape index (κ1) is 16.7. The summed E-state index contributed by atoms with van der Waals surface area (Å²) < 4.78 is 19.3. The molecule has 1 aromatic heterocycles. The quantitative estimate of drug-likeness (QED) is 0.777. The second kappa shape index (κ2) is 7.17. The van der Waals surface area contributed by atoms with Gasteiger partial charge in [-0.15, -0.1) is 0 Å². The molecule has 0 aliphatic rings. The predicted molar refractivity (Wildman–Crippen MR) is 93.4 cm³/mol. The number of hydrogen-bond donors (Lipinski definition) is 1. The number of pyridine rings is 1. The van der Waals surface area contributed by atoms with Gasteiger partial charge in [0.1, 0.15) is 23.7 Å². The molecule has 6 heteroatoms. The molecular weight excluding hydrogens is 323 g/mol. The van der Waals surface area contributed by atoms with Gasteiger partial charge in [0.05, 0.1) is 12.1 Å². The van der Waals surface area contributed by atoms with Crippen LogP contribution in [0.2, 0.25) is 0 Å². The summed E-state index contributed by atoms with van der Waals surface area (Å²) in [6.45, 7) is 0.612. The van der Waals surface area contributed by atoms with Gasteiger partial charge in [-0.3, -0.25) is 9.59 Å². The van der Waals surface area contributed by atoms with E-state index in [1.54, 1.807) is 7.05 Å². The Labute approximate surface area is 143 Å². The fourth-order valence-electron chi connectivity index (χ4n) is 2.50. The number of halogens is 1. The summed E-state index contributed by atoms with van der Waals surface area (Å²) in [5.41, 5.74) is -0.423. The number of nitrogens with one attached hydrogen (secondary N) is 1. The molecule has 25 heavy (non-hydrogen) atoms. The van der Waals surface area contributed by atoms with Crippen molar-refractivity contribution in [1.29, 1.82) is 0 Å². The number of rotatable bonds is 5. The van der Waals surface area contributed by atoms with Gasteiger partial charge < -0.3 is 14.6 Å². The van der Waals surface area contributed by atoms with Gasteiger partial charge in [0.25, 0.3) is 5.91 Å². The minimum atomic E-state index is -0.529. The molecule has 0 atom stereocenters. The number of fused-ring (bicyclic) bond motifs is 1. The maximum Gasteiger partial charge on any atom is 0.259 e. The van der Waals surface area contributed by atoms with Crippen LogP contribution in [0.1, 0.15) is 10.4 Å². The van der Waals surface area contributed by atoms with E-state index in [-0.39, 0.29) is 16.5 Å². The highest BCUT2D eigenvalue weighted by Crippen LogP contribution is 2.13. The van der Waals surface area contributed by atoms with Crippen molar-refractivity contribution in [3.05, 3.63) is 76.3 Å². The standard InChI is InChI=1S/C19H17FN2O3/c1-22(10-11-25-13-6-3-2-4-7-13)19(24)15-12-21-17-14(18(15)23)8-5-9-16(17)20/h2-9,12H,10-11H2,1H3,(H,21,23). The molecule has 0 fully saturated rings. The SMILES string of the molecule is CN(CCOc1ccccc1)C(=O)c1c[nH]c2c(F)cccc2c1=O. The van der Waals surface area contributed by atoms with Crippen LogP contribution in [0.5, 0.6) is 5.75 Å². The fourth-order valence-corrected chi connectivity index (χ4v) is 2.50. The van der Waals surface area contributed by atoms with Crippen LogP contribution in [0.25, 0.3) is 10.9 Å². The third kappa shape index (κ3) is 3.52. The van der Waals surface area contributed by atoms with Gasteiger partial charge in [0.15, 0.2) is 0 Å². The van der Waals surface area contributed by atoms with Crippen molar-refractivity contribution in [2.75, 3.05) is 20.2 Å². The summed E-state index contributed by atoms with van der Waals surface area (Å²) in [6.07, 6.45) is 1.25. The molecule has 0 radical (unpaired) electrons. The monoisotopic (exact) mass is 340 g/mol. The maximum atomic E-state index is 13.7. The van der Waals surface area contributed by atoms with E-state index in [4.69, 9.17) is 4.74 Å². The van der Waals surface area contributed by atoms with Gasteiger partial charge in [-0.1, -0.05) is 24.3 Å². The van der Waals surface area contributed by atoms with E-state index in [0.717, 1.165) is 0 Å². The first-order valence-electron chi connectivity index (χ1n) is 7.81. The zero-order valence-corrected chi connectivity index (χ0v) is 13.7. The zero-order valence-electron chi connectivity index (χ0n) is 13.7. The summed E-state index contributed by atoms with van der Waals surface area (Å²) in [5.74, 6) is -0.260. The van der Waals surface area contributed by atoms with E-state index < -0.39 is 17.2 Å². The van der Waals surface area contributed by atoms with E-state index in [1.165, 1.54) is 29.3 Å². The molecule has 1 heterocycles. The number of aromatic nitrogens is 1. The number of H-pyrrole nitrogens is 1. The number of benzene rings is 2. The number of para-hydroxylation sites is 2. The number of hydrogen-bond acceptors (Lipinski definition) is 3. The molecule has 1 N–H and O–H groups in total. The summed E-state index contributed by atoms with van der Waals surface area (Å²) in [4.78, 5) is 29.0. The number of ether oxygens (including phenoxy) is 1. The highest BCUT2D eigenvalue weighted by atomic mass is 19.1. The number of carbonyl (C=O) groups excluding carboxylic acids is 1. The molecule has 1 amide bonds. The fraction of sp³-hybridized carbons (Fsp3) is 0.158. The Hall–Kier alpha value is -3.15. The minimum absolute atomic E-state index is 0.0275. The second-order valence-electron chi connectivity index (χ2n) is 5.58. The number of aromatic amines is 1. The Kier molecular flexibility index (Phi) is 4.79. The van der Waals surface area contributed by atoms with Crippen LogP contribution in [0.4, 0.5) is 4.39 Å². The van der Waals surface area contributed by atoms with Gasteiger partial charge in [-0.25, -0.2) is 4.39 Å². The topological polar surface area (TPSA) is 62.4 Å². The molecule has 3 rings (SSSR count). The number of carbonyl (C=O) groups is 1. The molecule has 0 aliphatic heterocycles. The van der Waals surface area contributed by atoms with Crippen molar-refractivity contribution in [3.8, 4) is 5.75 Å². The minimum Gasteiger partial charge on any atom is -0.492 e. The summed E-state index contributed by atoms with van der Waals surface area (Å²) >= 11 is 0. The normalized spacial score (nSPS) is 10.6. The molecule has 5 nitrogen and oxygen atoms in total. The molecule has 0 spiro atoms. The molecule has 3 aromatic rings. The summed E-state index contributed by atoms with van der Waals surface area (Å²) in [7, 11) is 1.59. The van der Waals surface area contributed by atoms with Crippen molar-refractivity contribution in [2.24, 2.45) is 0 Å². The molecule has 128 valence electrons. The molecular formula is C19H17FN2O3. The molecule has 0 aliphatic carbocycles. The molecule has 0 saturated carbocycles. The summed E-state index contributed by atoms with van der Waals surface area (Å²) in [5, 5.41) is 0.153. The first-order valence-corrected chi connectivity index (χ1v) is 7.81. The Bertz CT molecular complexity index is 954. The highest BCUT2D eigenvalue weighted by Gasteiger charge is 2.18. The Morgan fingerprint density at radius 3 is 2.68 bits per heavy atom. The number of amides is 1. The van der Waals surface area contributed by atoms with E-state index in [2.05, 4.69) is 4.98 Å². The Morgan fingerprint density at radius 1 is 1.16 bits per heavy atom. The van der Waals surface area contributed by atoms with Crippen molar-refractivity contribution < 1.29 is 13.9 Å². The third-order valence-electron chi connectivity index (χ3n) is 3.88. The van der Waals surface area contributed by atoms with Crippen LogP contribution in [-0.4, -0.2) is 36.0 Å². The van der Waals surface area contributed by atoms with Gasteiger partial charge in [-0.2, -0.15) is 0 Å². The lowest BCUT2D eigenvalue weighted by Crippen LogP contribution is -2.34. The molecule has 0 unspecified atom stereocenters. The van der Waals surface area contributed by atoms with Gasteiger partial charge in [0.2, 0.25) is 5.43 Å². The van der Waals surface area contributed by atoms with Gasteiger partial charge in [0, 0.05) is 18.6 Å². The predicted octanol–water partition coefficient (Wildman–Crippen LogP) is 2.82. The van der Waals surface area contributed by atoms with Crippen LogP contribution in [0.15, 0.2) is 59.5 Å². The van der Waals surface area contributed by atoms with E-state index in [9.17, 15) is 14.0 Å². The number of nitrogens with zero attached hydrogens (tertiary/aromatic N) is 1. The van der Waals surface area contributed by atoms with Crippen LogP contribution < -0.4 is 10.2 Å². The van der Waals surface area contributed by atoms with Crippen molar-refractivity contribution >= 4 is 16.8 Å². The lowest BCUT2D eigenvalue weighted by atomic mass is 10.1. The highest BCUT2D eigenvalue weighted by molar-refractivity contribution is 5.97. The van der Waals surface area contributed by atoms with Crippen LogP contribution in [0.3, 0.4) is 0 Å². The average Bonchev–Trinajstić information content (AvgIpc) is 2.63. The maximum absolute atomic E-state index is 13.7. The third-order valence-corrected chi connectivity index (χ3v) is 3.88. The van der Waals surface area contributed by atoms with E-state index >= 15 is 0 Å². The van der Waals surface area contributed by atoms with Crippen LogP contribution in [0, 0.1) is 5.82 Å². The van der Waals surface area contributed by atoms with Crippen LogP contribution in [-0.2, 0) is 0 Å². The number of likely N-dealkylation sites (N-methyl/N-ethyl adjacent to an activating group) is 1. The second-order valence-corrected chi connectivity index (χ2v) is 5.58. The molecule has 0 bridgehead atoms. The molecule has 0 saturated heterocycles. The first-order chi connectivity index (χ1) is 12.1. The Balaban J connectivity index is 1.73. The van der Waals surface area contributed by atoms with E-state index in [1.807, 2.05) is 30.3 Å².